The molecule has 0 unspecified atom stereocenters. The van der Waals surface area contributed by atoms with Crippen LogP contribution in [0, 0.1) is 6.92 Å². The van der Waals surface area contributed by atoms with Crippen molar-refractivity contribution in [3.8, 4) is 11.5 Å². The van der Waals surface area contributed by atoms with Gasteiger partial charge in [-0.1, -0.05) is 42.5 Å². The zero-order valence-electron chi connectivity index (χ0n) is 18.9. The van der Waals surface area contributed by atoms with Crippen LogP contribution in [0.3, 0.4) is 0 Å². The number of benzene rings is 2. The topological polar surface area (TPSA) is 74.5 Å². The second kappa shape index (κ2) is 8.94. The highest BCUT2D eigenvalue weighted by Crippen LogP contribution is 2.25. The number of hydrogen-bond donors (Lipinski definition) is 1. The summed E-state index contributed by atoms with van der Waals surface area (Å²) in [4.78, 5) is 25.7. The smallest absolute Gasteiger partial charge is 0.317 e. The van der Waals surface area contributed by atoms with Gasteiger partial charge < -0.3 is 19.5 Å². The summed E-state index contributed by atoms with van der Waals surface area (Å²) in [7, 11) is 0. The number of carbonyl (C=O) groups excluding carboxylic acids is 1. The molecule has 1 aliphatic rings. The van der Waals surface area contributed by atoms with Gasteiger partial charge in [0.2, 0.25) is 0 Å². The Hall–Kier alpha value is -3.87. The summed E-state index contributed by atoms with van der Waals surface area (Å²) in [5.41, 5.74) is 2.94. The summed E-state index contributed by atoms with van der Waals surface area (Å²) in [6, 6.07) is 18.4. The van der Waals surface area contributed by atoms with E-state index in [0.29, 0.717) is 24.7 Å². The number of aryl methyl sites for hydroxylation is 1. The fraction of sp³-hybridized carbons (Fsp3) is 0.269. The minimum Gasteiger partial charge on any atom is -0.439 e. The number of aromatic nitrogens is 2. The number of pyridine rings is 1. The Morgan fingerprint density at radius 2 is 1.76 bits per heavy atom. The van der Waals surface area contributed by atoms with Crippen molar-refractivity contribution in [2.45, 2.75) is 19.9 Å². The highest BCUT2D eigenvalue weighted by molar-refractivity contribution is 5.86. The van der Waals surface area contributed by atoms with Crippen molar-refractivity contribution in [3.05, 3.63) is 78.4 Å². The van der Waals surface area contributed by atoms with Crippen LogP contribution in [0.25, 0.3) is 22.2 Å². The lowest BCUT2D eigenvalue weighted by atomic mass is 10.00. The fourth-order valence-electron chi connectivity index (χ4n) is 4.35. The SMILES string of the molecule is Cc1ncc(-c2ccc(N3CCN(C(=O)N[C@@H](C)c4cccc5ccccc45)CC3)cn2)o1. The number of fused-ring (bicyclic) bond motifs is 1. The molecule has 2 aromatic carbocycles. The van der Waals surface area contributed by atoms with Crippen LogP contribution in [-0.4, -0.2) is 47.1 Å². The molecule has 1 saturated heterocycles. The van der Waals surface area contributed by atoms with Crippen molar-refractivity contribution in [1.82, 2.24) is 20.2 Å². The number of carbonyl (C=O) groups is 1. The molecule has 1 aliphatic heterocycles. The minimum absolute atomic E-state index is 0.0238. The first-order valence-electron chi connectivity index (χ1n) is 11.3. The molecule has 33 heavy (non-hydrogen) atoms. The van der Waals surface area contributed by atoms with Crippen molar-refractivity contribution in [2.75, 3.05) is 31.1 Å². The summed E-state index contributed by atoms with van der Waals surface area (Å²) in [5.74, 6) is 1.29. The number of rotatable bonds is 4. The number of anilines is 1. The number of hydrogen-bond acceptors (Lipinski definition) is 5. The molecule has 1 N–H and O–H groups in total. The van der Waals surface area contributed by atoms with Crippen LogP contribution >= 0.6 is 0 Å². The van der Waals surface area contributed by atoms with E-state index >= 15 is 0 Å². The third-order valence-corrected chi connectivity index (χ3v) is 6.18. The van der Waals surface area contributed by atoms with Gasteiger partial charge in [-0.25, -0.2) is 9.78 Å². The first kappa shape index (κ1) is 21.0. The molecule has 168 valence electrons. The third-order valence-electron chi connectivity index (χ3n) is 6.18. The Morgan fingerprint density at radius 3 is 2.48 bits per heavy atom. The number of nitrogens with one attached hydrogen (secondary N) is 1. The van der Waals surface area contributed by atoms with Gasteiger partial charge in [-0.3, -0.25) is 4.98 Å². The summed E-state index contributed by atoms with van der Waals surface area (Å²) in [6.07, 6.45) is 3.54. The van der Waals surface area contributed by atoms with Gasteiger partial charge in [0.1, 0.15) is 5.69 Å². The number of nitrogens with zero attached hydrogens (tertiary/aromatic N) is 4. The lowest BCUT2D eigenvalue weighted by Crippen LogP contribution is -2.52. The molecule has 3 heterocycles. The predicted octanol–water partition coefficient (Wildman–Crippen LogP) is 4.79. The summed E-state index contributed by atoms with van der Waals surface area (Å²) < 4.78 is 5.54. The van der Waals surface area contributed by atoms with Crippen molar-refractivity contribution in [1.29, 1.82) is 0 Å². The van der Waals surface area contributed by atoms with Crippen molar-refractivity contribution in [3.63, 3.8) is 0 Å². The van der Waals surface area contributed by atoms with Crippen LogP contribution in [0.5, 0.6) is 0 Å². The first-order chi connectivity index (χ1) is 16.1. The zero-order chi connectivity index (χ0) is 22.8. The van der Waals surface area contributed by atoms with Gasteiger partial charge in [0.05, 0.1) is 24.1 Å². The molecule has 0 spiro atoms. The van der Waals surface area contributed by atoms with Crippen LogP contribution < -0.4 is 10.2 Å². The highest BCUT2D eigenvalue weighted by atomic mass is 16.4. The van der Waals surface area contributed by atoms with Gasteiger partial charge in [-0.15, -0.1) is 0 Å². The maximum atomic E-state index is 12.9. The molecule has 0 saturated carbocycles. The Morgan fingerprint density at radius 1 is 0.970 bits per heavy atom. The van der Waals surface area contributed by atoms with E-state index in [1.54, 1.807) is 6.20 Å². The molecule has 1 atom stereocenters. The molecule has 0 aliphatic carbocycles. The average Bonchev–Trinajstić information content (AvgIpc) is 3.30. The maximum absolute atomic E-state index is 12.9. The fourth-order valence-corrected chi connectivity index (χ4v) is 4.35. The Bertz CT molecular complexity index is 1250. The standard InChI is InChI=1S/C26H27N5O2/c1-18(22-9-5-7-20-6-3-4-8-23(20)22)29-26(32)31-14-12-30(13-15-31)21-10-11-24(28-16-21)25-17-27-19(2)33-25/h3-11,16-18H,12-15H2,1-2H3,(H,29,32)/t18-/m0/s1. The van der Waals surface area contributed by atoms with E-state index in [1.165, 1.54) is 10.8 Å². The molecule has 7 nitrogen and oxygen atoms in total. The quantitative estimate of drug-likeness (QED) is 0.493. The van der Waals surface area contributed by atoms with E-state index in [-0.39, 0.29) is 12.1 Å². The van der Waals surface area contributed by atoms with Crippen molar-refractivity contribution in [2.24, 2.45) is 0 Å². The second-order valence-electron chi connectivity index (χ2n) is 8.36. The summed E-state index contributed by atoms with van der Waals surface area (Å²) >= 11 is 0. The van der Waals surface area contributed by atoms with Crippen LogP contribution in [0.2, 0.25) is 0 Å². The zero-order valence-corrected chi connectivity index (χ0v) is 18.9. The minimum atomic E-state index is -0.0712. The number of amides is 2. The molecule has 2 aromatic heterocycles. The van der Waals surface area contributed by atoms with Crippen LogP contribution in [0.1, 0.15) is 24.4 Å². The lowest BCUT2D eigenvalue weighted by Gasteiger charge is -2.36. The third kappa shape index (κ3) is 4.39. The molecule has 4 aromatic rings. The molecular weight excluding hydrogens is 414 g/mol. The molecule has 2 amide bonds. The van der Waals surface area contributed by atoms with Crippen LogP contribution in [-0.2, 0) is 0 Å². The molecule has 0 radical (unpaired) electrons. The molecule has 5 rings (SSSR count). The molecule has 0 bridgehead atoms. The van der Waals surface area contributed by atoms with E-state index in [1.807, 2.05) is 55.3 Å². The van der Waals surface area contributed by atoms with Crippen LogP contribution in [0.15, 0.2) is 71.4 Å². The normalized spacial score (nSPS) is 15.0. The number of urea groups is 1. The molecule has 7 heteroatoms. The van der Waals surface area contributed by atoms with E-state index in [9.17, 15) is 4.79 Å². The maximum Gasteiger partial charge on any atom is 0.317 e. The molecule has 1 fully saturated rings. The average molecular weight is 442 g/mol. The van der Waals surface area contributed by atoms with E-state index in [4.69, 9.17) is 4.42 Å². The van der Waals surface area contributed by atoms with Gasteiger partial charge in [-0.2, -0.15) is 0 Å². The van der Waals surface area contributed by atoms with Gasteiger partial charge in [0.25, 0.3) is 0 Å². The van der Waals surface area contributed by atoms with Gasteiger partial charge in [-0.05, 0) is 35.4 Å². The van der Waals surface area contributed by atoms with Crippen LogP contribution in [0.4, 0.5) is 10.5 Å². The Balaban J connectivity index is 1.19. The number of piperazine rings is 1. The largest absolute Gasteiger partial charge is 0.439 e. The van der Waals surface area contributed by atoms with Crippen molar-refractivity contribution < 1.29 is 9.21 Å². The predicted molar refractivity (Wildman–Crippen MR) is 129 cm³/mol. The van der Waals surface area contributed by atoms with Gasteiger partial charge in [0.15, 0.2) is 11.7 Å². The highest BCUT2D eigenvalue weighted by Gasteiger charge is 2.23. The van der Waals surface area contributed by atoms with E-state index in [2.05, 4.69) is 44.5 Å². The first-order valence-corrected chi connectivity index (χ1v) is 11.3. The second-order valence-corrected chi connectivity index (χ2v) is 8.36. The number of oxazole rings is 1. The monoisotopic (exact) mass is 441 g/mol. The molecular formula is C26H27N5O2. The lowest BCUT2D eigenvalue weighted by molar-refractivity contribution is 0.191. The summed E-state index contributed by atoms with van der Waals surface area (Å²) in [6.45, 7) is 6.71. The van der Waals surface area contributed by atoms with Gasteiger partial charge in [0, 0.05) is 33.1 Å². The van der Waals surface area contributed by atoms with E-state index in [0.717, 1.165) is 30.0 Å². The van der Waals surface area contributed by atoms with Crippen molar-refractivity contribution >= 4 is 22.5 Å². The summed E-state index contributed by atoms with van der Waals surface area (Å²) in [5, 5.41) is 5.54. The Kier molecular flexibility index (Phi) is 5.69. The van der Waals surface area contributed by atoms with E-state index < -0.39 is 0 Å². The Labute approximate surface area is 193 Å². The van der Waals surface area contributed by atoms with Gasteiger partial charge >= 0.3 is 6.03 Å².